The van der Waals surface area contributed by atoms with E-state index >= 15 is 0 Å². The Balaban J connectivity index is 2.26. The average molecular weight is 265 g/mol. The van der Waals surface area contributed by atoms with Gasteiger partial charge in [-0.25, -0.2) is 9.97 Å². The molecule has 15 heavy (non-hydrogen) atoms. The van der Waals surface area contributed by atoms with Gasteiger partial charge >= 0.3 is 0 Å². The van der Waals surface area contributed by atoms with E-state index < -0.39 is 0 Å². The van der Waals surface area contributed by atoms with Crippen LogP contribution in [0.2, 0.25) is 0 Å². The Morgan fingerprint density at radius 1 is 1.20 bits per heavy atom. The molecule has 0 saturated carbocycles. The molecular weight excluding hydrogens is 256 g/mol. The Kier molecular flexibility index (Phi) is 2.82. The Hall–Kier alpha value is -1.62. The van der Waals surface area contributed by atoms with Gasteiger partial charge in [0.15, 0.2) is 11.6 Å². The Labute approximate surface area is 95.7 Å². The van der Waals surface area contributed by atoms with E-state index in [1.807, 2.05) is 24.3 Å². The van der Waals surface area contributed by atoms with Crippen molar-refractivity contribution in [3.63, 3.8) is 0 Å². The van der Waals surface area contributed by atoms with Crippen LogP contribution < -0.4 is 11.1 Å². The molecule has 4 nitrogen and oxygen atoms in total. The van der Waals surface area contributed by atoms with E-state index in [1.54, 1.807) is 12.4 Å². The lowest BCUT2D eigenvalue weighted by Crippen LogP contribution is -2.00. The van der Waals surface area contributed by atoms with E-state index in [-0.39, 0.29) is 0 Å². The van der Waals surface area contributed by atoms with Crippen LogP contribution in [0.5, 0.6) is 0 Å². The number of benzene rings is 1. The average Bonchev–Trinajstić information content (AvgIpc) is 2.22. The topological polar surface area (TPSA) is 63.8 Å². The van der Waals surface area contributed by atoms with Crippen molar-refractivity contribution in [2.75, 3.05) is 11.1 Å². The Morgan fingerprint density at radius 3 is 2.73 bits per heavy atom. The molecule has 2 aromatic rings. The molecule has 1 heterocycles. The van der Waals surface area contributed by atoms with Gasteiger partial charge in [-0.3, -0.25) is 0 Å². The number of anilines is 3. The first-order chi connectivity index (χ1) is 7.25. The number of rotatable bonds is 2. The van der Waals surface area contributed by atoms with Crippen molar-refractivity contribution in [2.45, 2.75) is 0 Å². The molecule has 0 unspecified atom stereocenters. The summed E-state index contributed by atoms with van der Waals surface area (Å²) in [5.74, 6) is 0.952. The van der Waals surface area contributed by atoms with Crippen LogP contribution in [0, 0.1) is 0 Å². The Morgan fingerprint density at radius 2 is 2.00 bits per heavy atom. The van der Waals surface area contributed by atoms with Crippen LogP contribution in [0.1, 0.15) is 0 Å². The molecule has 2 rings (SSSR count). The largest absolute Gasteiger partial charge is 0.381 e. The highest BCUT2D eigenvalue weighted by Crippen LogP contribution is 2.21. The SMILES string of the molecule is Nc1nccnc1Nc1cccc(Br)c1. The molecule has 3 N–H and O–H groups in total. The quantitative estimate of drug-likeness (QED) is 0.875. The second-order valence-corrected chi connectivity index (χ2v) is 3.84. The fourth-order valence-corrected chi connectivity index (χ4v) is 1.55. The summed E-state index contributed by atoms with van der Waals surface area (Å²) in [5, 5.41) is 3.08. The number of nitrogen functional groups attached to an aromatic ring is 1. The third-order valence-electron chi connectivity index (χ3n) is 1.81. The van der Waals surface area contributed by atoms with Crippen LogP contribution in [0.25, 0.3) is 0 Å². The molecule has 0 amide bonds. The van der Waals surface area contributed by atoms with Gasteiger partial charge in [0.1, 0.15) is 0 Å². The molecule has 0 saturated heterocycles. The molecule has 0 spiro atoms. The van der Waals surface area contributed by atoms with Crippen LogP contribution in [0.4, 0.5) is 17.3 Å². The third kappa shape index (κ3) is 2.44. The maximum absolute atomic E-state index is 5.66. The fraction of sp³-hybridized carbons (Fsp3) is 0. The number of nitrogens with one attached hydrogen (secondary N) is 1. The zero-order valence-corrected chi connectivity index (χ0v) is 9.40. The van der Waals surface area contributed by atoms with E-state index in [0.717, 1.165) is 10.2 Å². The molecule has 0 radical (unpaired) electrons. The Bertz CT molecular complexity index is 472. The standard InChI is InChI=1S/C10H9BrN4/c11-7-2-1-3-8(6-7)15-10-9(12)13-4-5-14-10/h1-6H,(H2,12,13)(H,14,15). The first-order valence-corrected chi connectivity index (χ1v) is 5.14. The van der Waals surface area contributed by atoms with Crippen LogP contribution >= 0.6 is 15.9 Å². The van der Waals surface area contributed by atoms with Gasteiger partial charge in [0.05, 0.1) is 0 Å². The van der Waals surface area contributed by atoms with Crippen molar-refractivity contribution < 1.29 is 0 Å². The molecule has 5 heteroatoms. The van der Waals surface area contributed by atoms with E-state index in [9.17, 15) is 0 Å². The maximum atomic E-state index is 5.66. The van der Waals surface area contributed by atoms with Crippen molar-refractivity contribution in [2.24, 2.45) is 0 Å². The maximum Gasteiger partial charge on any atom is 0.173 e. The first kappa shape index (κ1) is 9.92. The zero-order valence-electron chi connectivity index (χ0n) is 7.81. The highest BCUT2D eigenvalue weighted by molar-refractivity contribution is 9.10. The van der Waals surface area contributed by atoms with Crippen molar-refractivity contribution in [3.05, 3.63) is 41.1 Å². The number of aromatic nitrogens is 2. The lowest BCUT2D eigenvalue weighted by atomic mass is 10.3. The van der Waals surface area contributed by atoms with Crippen molar-refractivity contribution in [1.29, 1.82) is 0 Å². The van der Waals surface area contributed by atoms with Crippen molar-refractivity contribution >= 4 is 33.3 Å². The van der Waals surface area contributed by atoms with E-state index in [0.29, 0.717) is 11.6 Å². The van der Waals surface area contributed by atoms with E-state index in [2.05, 4.69) is 31.2 Å². The summed E-state index contributed by atoms with van der Waals surface area (Å²) in [4.78, 5) is 8.03. The molecule has 0 aliphatic rings. The zero-order chi connectivity index (χ0) is 10.7. The van der Waals surface area contributed by atoms with Gasteiger partial charge in [-0.05, 0) is 18.2 Å². The lowest BCUT2D eigenvalue weighted by molar-refractivity contribution is 1.21. The third-order valence-corrected chi connectivity index (χ3v) is 2.31. The molecule has 0 atom stereocenters. The number of halogens is 1. The number of nitrogens with two attached hydrogens (primary N) is 1. The van der Waals surface area contributed by atoms with Gasteiger partial charge in [-0.15, -0.1) is 0 Å². The molecule has 76 valence electrons. The summed E-state index contributed by atoms with van der Waals surface area (Å²) in [7, 11) is 0. The minimum atomic E-state index is 0.387. The second-order valence-electron chi connectivity index (χ2n) is 2.93. The molecular formula is C10H9BrN4. The molecule has 0 fully saturated rings. The summed E-state index contributed by atoms with van der Waals surface area (Å²) < 4.78 is 0.995. The summed E-state index contributed by atoms with van der Waals surface area (Å²) >= 11 is 3.39. The summed E-state index contributed by atoms with van der Waals surface area (Å²) in [6.07, 6.45) is 3.15. The monoisotopic (exact) mass is 264 g/mol. The van der Waals surface area contributed by atoms with Gasteiger partial charge in [-0.2, -0.15) is 0 Å². The van der Waals surface area contributed by atoms with Crippen molar-refractivity contribution in [3.8, 4) is 0 Å². The molecule has 1 aromatic carbocycles. The number of nitrogens with zero attached hydrogens (tertiary/aromatic N) is 2. The van der Waals surface area contributed by atoms with E-state index in [4.69, 9.17) is 5.73 Å². The van der Waals surface area contributed by atoms with Crippen LogP contribution in [0.3, 0.4) is 0 Å². The number of hydrogen-bond donors (Lipinski definition) is 2. The van der Waals surface area contributed by atoms with Gasteiger partial charge in [-0.1, -0.05) is 22.0 Å². The normalized spacial score (nSPS) is 9.93. The summed E-state index contributed by atoms with van der Waals surface area (Å²) in [6, 6.07) is 7.75. The van der Waals surface area contributed by atoms with Crippen LogP contribution in [0.15, 0.2) is 41.1 Å². The molecule has 0 bridgehead atoms. The van der Waals surface area contributed by atoms with Gasteiger partial charge < -0.3 is 11.1 Å². The van der Waals surface area contributed by atoms with Crippen molar-refractivity contribution in [1.82, 2.24) is 9.97 Å². The second kappa shape index (κ2) is 4.27. The van der Waals surface area contributed by atoms with Gasteiger partial charge in [0.2, 0.25) is 0 Å². The summed E-state index contributed by atoms with van der Waals surface area (Å²) in [6.45, 7) is 0. The minimum Gasteiger partial charge on any atom is -0.381 e. The molecule has 0 aliphatic carbocycles. The smallest absolute Gasteiger partial charge is 0.173 e. The highest BCUT2D eigenvalue weighted by Gasteiger charge is 2.00. The lowest BCUT2D eigenvalue weighted by Gasteiger charge is -2.06. The molecule has 1 aromatic heterocycles. The van der Waals surface area contributed by atoms with E-state index in [1.165, 1.54) is 0 Å². The first-order valence-electron chi connectivity index (χ1n) is 4.35. The van der Waals surface area contributed by atoms with Gasteiger partial charge in [0.25, 0.3) is 0 Å². The van der Waals surface area contributed by atoms with Gasteiger partial charge in [0, 0.05) is 22.6 Å². The summed E-state index contributed by atoms with van der Waals surface area (Å²) in [5.41, 5.74) is 6.57. The predicted octanol–water partition coefficient (Wildman–Crippen LogP) is 2.56. The predicted molar refractivity (Wildman–Crippen MR) is 63.9 cm³/mol. The number of hydrogen-bond acceptors (Lipinski definition) is 4. The minimum absolute atomic E-state index is 0.387. The van der Waals surface area contributed by atoms with Crippen LogP contribution in [-0.4, -0.2) is 9.97 Å². The molecule has 0 aliphatic heterocycles. The fourth-order valence-electron chi connectivity index (χ4n) is 1.15. The highest BCUT2D eigenvalue weighted by atomic mass is 79.9. The van der Waals surface area contributed by atoms with Crippen LogP contribution in [-0.2, 0) is 0 Å².